The number of fused-ring (bicyclic) bond motifs is 1. The predicted octanol–water partition coefficient (Wildman–Crippen LogP) is 5.69. The average Bonchev–Trinajstić information content (AvgIpc) is 3.19. The van der Waals surface area contributed by atoms with Gasteiger partial charge < -0.3 is 4.90 Å². The molecule has 1 aliphatic heterocycles. The lowest BCUT2D eigenvalue weighted by Crippen LogP contribution is -2.44. The molecule has 3 amide bonds. The van der Waals surface area contributed by atoms with Crippen molar-refractivity contribution < 1.29 is 14.4 Å². The molecule has 0 spiro atoms. The van der Waals surface area contributed by atoms with Crippen LogP contribution in [0.5, 0.6) is 0 Å². The fourth-order valence-corrected chi connectivity index (χ4v) is 4.89. The van der Waals surface area contributed by atoms with Crippen molar-refractivity contribution in [1.29, 1.82) is 0 Å². The standard InChI is InChI=1S/C32H28N2O3/c35-30(23-34-31(36)27-18-10-11-19-28(27)32(34)37)33(22-25-14-6-2-7-15-25)29(26-16-8-3-9-17-26)21-20-24-12-4-1-5-13-24/h1-19,29H,20-23H2. The van der Waals surface area contributed by atoms with Gasteiger partial charge in [0.15, 0.2) is 0 Å². The number of carbonyl (C=O) groups excluding carboxylic acids is 3. The summed E-state index contributed by atoms with van der Waals surface area (Å²) in [5.41, 5.74) is 3.89. The second-order valence-electron chi connectivity index (χ2n) is 9.20. The number of benzene rings is 4. The lowest BCUT2D eigenvalue weighted by Gasteiger charge is -2.34. The molecule has 4 aromatic carbocycles. The zero-order chi connectivity index (χ0) is 25.6. The van der Waals surface area contributed by atoms with Crippen LogP contribution < -0.4 is 0 Å². The van der Waals surface area contributed by atoms with E-state index in [-0.39, 0.29) is 18.5 Å². The van der Waals surface area contributed by atoms with E-state index in [1.54, 1.807) is 24.3 Å². The third-order valence-electron chi connectivity index (χ3n) is 6.80. The maximum Gasteiger partial charge on any atom is 0.262 e. The van der Waals surface area contributed by atoms with Crippen molar-refractivity contribution in [2.45, 2.75) is 25.4 Å². The van der Waals surface area contributed by atoms with Crippen LogP contribution in [0.15, 0.2) is 115 Å². The summed E-state index contributed by atoms with van der Waals surface area (Å²) < 4.78 is 0. The van der Waals surface area contributed by atoms with E-state index in [0.717, 1.165) is 22.4 Å². The number of hydrogen-bond acceptors (Lipinski definition) is 3. The van der Waals surface area contributed by atoms with Crippen molar-refractivity contribution >= 4 is 17.7 Å². The summed E-state index contributed by atoms with van der Waals surface area (Å²) in [7, 11) is 0. The van der Waals surface area contributed by atoms with Crippen LogP contribution in [0.3, 0.4) is 0 Å². The van der Waals surface area contributed by atoms with Crippen LogP contribution in [0.4, 0.5) is 0 Å². The SMILES string of the molecule is O=C1c2ccccc2C(=O)N1CC(=O)N(Cc1ccccc1)C(CCc1ccccc1)c1ccccc1. The summed E-state index contributed by atoms with van der Waals surface area (Å²) in [4.78, 5) is 42.9. The number of imide groups is 1. The van der Waals surface area contributed by atoms with Gasteiger partial charge in [0.25, 0.3) is 11.8 Å². The van der Waals surface area contributed by atoms with Gasteiger partial charge in [-0.2, -0.15) is 0 Å². The van der Waals surface area contributed by atoms with Crippen LogP contribution in [0.2, 0.25) is 0 Å². The number of nitrogens with zero attached hydrogens (tertiary/aromatic N) is 2. The van der Waals surface area contributed by atoms with E-state index in [1.807, 2.05) is 83.8 Å². The highest BCUT2D eigenvalue weighted by Gasteiger charge is 2.38. The molecule has 5 nitrogen and oxygen atoms in total. The first-order valence-electron chi connectivity index (χ1n) is 12.5. The highest BCUT2D eigenvalue weighted by atomic mass is 16.2. The number of carbonyl (C=O) groups is 3. The lowest BCUT2D eigenvalue weighted by molar-refractivity contribution is -0.135. The molecule has 4 aromatic rings. The minimum atomic E-state index is -0.422. The molecule has 5 rings (SSSR count). The van der Waals surface area contributed by atoms with Crippen molar-refractivity contribution in [3.05, 3.63) is 143 Å². The Labute approximate surface area is 217 Å². The first kappa shape index (κ1) is 24.2. The third kappa shape index (κ3) is 5.36. The fraction of sp³-hybridized carbons (Fsp3) is 0.156. The van der Waals surface area contributed by atoms with Gasteiger partial charge in [0.05, 0.1) is 17.2 Å². The molecule has 1 aliphatic rings. The van der Waals surface area contributed by atoms with Gasteiger partial charge in [-0.1, -0.05) is 103 Å². The van der Waals surface area contributed by atoms with Gasteiger partial charge in [-0.25, -0.2) is 0 Å². The van der Waals surface area contributed by atoms with Crippen molar-refractivity contribution in [1.82, 2.24) is 9.80 Å². The Bertz CT molecular complexity index is 1350. The van der Waals surface area contributed by atoms with Crippen molar-refractivity contribution in [2.75, 3.05) is 6.54 Å². The summed E-state index contributed by atoms with van der Waals surface area (Å²) in [5.74, 6) is -1.11. The second-order valence-corrected chi connectivity index (χ2v) is 9.20. The molecule has 0 bridgehead atoms. The van der Waals surface area contributed by atoms with Crippen molar-refractivity contribution in [3.63, 3.8) is 0 Å². The molecule has 0 N–H and O–H groups in total. The van der Waals surface area contributed by atoms with Gasteiger partial charge in [0.2, 0.25) is 5.91 Å². The smallest absolute Gasteiger partial charge is 0.262 e. The molecule has 0 saturated carbocycles. The topological polar surface area (TPSA) is 57.7 Å². The summed E-state index contributed by atoms with van der Waals surface area (Å²) >= 11 is 0. The third-order valence-corrected chi connectivity index (χ3v) is 6.80. The molecule has 0 aromatic heterocycles. The van der Waals surface area contributed by atoms with E-state index in [1.165, 1.54) is 5.56 Å². The van der Waals surface area contributed by atoms with E-state index in [2.05, 4.69) is 12.1 Å². The second kappa shape index (κ2) is 11.0. The summed E-state index contributed by atoms with van der Waals surface area (Å²) in [6.07, 6.45) is 1.49. The molecule has 184 valence electrons. The molecular formula is C32H28N2O3. The van der Waals surface area contributed by atoms with Crippen LogP contribution in [-0.4, -0.2) is 34.1 Å². The van der Waals surface area contributed by atoms with Crippen molar-refractivity contribution in [2.24, 2.45) is 0 Å². The summed E-state index contributed by atoms with van der Waals surface area (Å²) in [6, 6.07) is 36.5. The summed E-state index contributed by atoms with van der Waals surface area (Å²) in [5, 5.41) is 0. The van der Waals surface area contributed by atoms with E-state index in [9.17, 15) is 14.4 Å². The zero-order valence-electron chi connectivity index (χ0n) is 20.5. The Morgan fingerprint density at radius 1 is 0.649 bits per heavy atom. The number of aryl methyl sites for hydroxylation is 1. The summed E-state index contributed by atoms with van der Waals surface area (Å²) in [6.45, 7) is 0.0744. The molecule has 1 heterocycles. The number of hydrogen-bond donors (Lipinski definition) is 0. The van der Waals surface area contributed by atoms with Gasteiger partial charge >= 0.3 is 0 Å². The van der Waals surface area contributed by atoms with Crippen LogP contribution in [0, 0.1) is 0 Å². The van der Waals surface area contributed by atoms with Gasteiger partial charge in [-0.3, -0.25) is 19.3 Å². The van der Waals surface area contributed by atoms with Gasteiger partial charge in [0, 0.05) is 6.54 Å². The monoisotopic (exact) mass is 488 g/mol. The molecule has 1 atom stereocenters. The van der Waals surface area contributed by atoms with Gasteiger partial charge in [-0.15, -0.1) is 0 Å². The average molecular weight is 489 g/mol. The van der Waals surface area contributed by atoms with Crippen LogP contribution >= 0.6 is 0 Å². The molecule has 37 heavy (non-hydrogen) atoms. The largest absolute Gasteiger partial charge is 0.330 e. The molecule has 5 heteroatoms. The van der Waals surface area contributed by atoms with E-state index < -0.39 is 11.8 Å². The highest BCUT2D eigenvalue weighted by Crippen LogP contribution is 2.29. The predicted molar refractivity (Wildman–Crippen MR) is 143 cm³/mol. The first-order valence-corrected chi connectivity index (χ1v) is 12.5. The van der Waals surface area contributed by atoms with Crippen molar-refractivity contribution in [3.8, 4) is 0 Å². The number of rotatable bonds is 9. The molecule has 0 fully saturated rings. The highest BCUT2D eigenvalue weighted by molar-refractivity contribution is 6.22. The molecule has 0 radical (unpaired) electrons. The molecular weight excluding hydrogens is 460 g/mol. The Morgan fingerprint density at radius 3 is 1.70 bits per heavy atom. The quantitative estimate of drug-likeness (QED) is 0.285. The van der Waals surface area contributed by atoms with Gasteiger partial charge in [-0.05, 0) is 41.7 Å². The van der Waals surface area contributed by atoms with E-state index >= 15 is 0 Å². The van der Waals surface area contributed by atoms with Crippen LogP contribution in [0.1, 0.15) is 49.9 Å². The molecule has 1 unspecified atom stereocenters. The van der Waals surface area contributed by atoms with E-state index in [4.69, 9.17) is 0 Å². The maximum atomic E-state index is 14.0. The first-order chi connectivity index (χ1) is 18.1. The molecule has 0 saturated heterocycles. The number of amides is 3. The lowest BCUT2D eigenvalue weighted by atomic mass is 9.96. The van der Waals surface area contributed by atoms with Gasteiger partial charge in [0.1, 0.15) is 6.54 Å². The minimum Gasteiger partial charge on any atom is -0.330 e. The Hall–Kier alpha value is -4.51. The normalized spacial score (nSPS) is 13.4. The minimum absolute atomic E-state index is 0.232. The zero-order valence-corrected chi connectivity index (χ0v) is 20.5. The Morgan fingerprint density at radius 2 is 1.14 bits per heavy atom. The van der Waals surface area contributed by atoms with Crippen LogP contribution in [-0.2, 0) is 17.8 Å². The molecule has 0 aliphatic carbocycles. The Kier molecular flexibility index (Phi) is 7.22. The fourth-order valence-electron chi connectivity index (χ4n) is 4.89. The maximum absolute atomic E-state index is 14.0. The van der Waals surface area contributed by atoms with E-state index in [0.29, 0.717) is 24.1 Å². The van der Waals surface area contributed by atoms with Crippen LogP contribution in [0.25, 0.3) is 0 Å². The Balaban J connectivity index is 1.46.